The van der Waals surface area contributed by atoms with Crippen LogP contribution in [0, 0.1) is 0 Å². The van der Waals surface area contributed by atoms with Gasteiger partial charge in [0.15, 0.2) is 0 Å². The Kier molecular flexibility index (Phi) is 4.43. The van der Waals surface area contributed by atoms with Crippen LogP contribution < -0.4 is 0 Å². The fourth-order valence-electron chi connectivity index (χ4n) is 3.33. The van der Waals surface area contributed by atoms with E-state index < -0.39 is 0 Å². The third-order valence-corrected chi connectivity index (χ3v) is 9.58. The zero-order chi connectivity index (χ0) is 19.2. The van der Waals surface area contributed by atoms with Crippen molar-refractivity contribution in [3.05, 3.63) is 71.4 Å². The molecule has 2 nitrogen and oxygen atoms in total. The number of fused-ring (bicyclic) bond motifs is 1. The summed E-state index contributed by atoms with van der Waals surface area (Å²) in [5.74, 6) is 0. The second-order valence-corrected chi connectivity index (χ2v) is 11.0. The van der Waals surface area contributed by atoms with Gasteiger partial charge in [0.25, 0.3) is 0 Å². The van der Waals surface area contributed by atoms with Crippen molar-refractivity contribution < 1.29 is 0 Å². The SMILES string of the molecule is c1csc(-c2ccc(-c3ccc(-c4ccc(-c5cccs5)s4)c4nsnc34)s2)c1. The largest absolute Gasteiger partial charge is 0.172 e. The summed E-state index contributed by atoms with van der Waals surface area (Å²) >= 11 is 8.48. The molecule has 0 saturated carbocycles. The van der Waals surface area contributed by atoms with Crippen LogP contribution in [0.15, 0.2) is 71.4 Å². The lowest BCUT2D eigenvalue weighted by atomic mass is 10.1. The molecule has 5 heterocycles. The molecule has 0 amide bonds. The van der Waals surface area contributed by atoms with Crippen LogP contribution in [-0.2, 0) is 0 Å². The predicted octanol–water partition coefficient (Wildman–Crippen LogP) is 8.61. The summed E-state index contributed by atoms with van der Waals surface area (Å²) in [6.07, 6.45) is 0. The number of hydrogen-bond donors (Lipinski definition) is 0. The summed E-state index contributed by atoms with van der Waals surface area (Å²) in [7, 11) is 0. The van der Waals surface area contributed by atoms with E-state index in [-0.39, 0.29) is 0 Å². The summed E-state index contributed by atoms with van der Waals surface area (Å²) in [4.78, 5) is 7.70. The number of hydrogen-bond acceptors (Lipinski definition) is 7. The molecule has 1 aromatic carbocycles. The maximum Gasteiger partial charge on any atom is 0.114 e. The minimum absolute atomic E-state index is 0.998. The molecule has 7 heteroatoms. The molecule has 140 valence electrons. The molecule has 0 unspecified atom stereocenters. The van der Waals surface area contributed by atoms with E-state index in [2.05, 4.69) is 80.2 Å². The normalized spacial score (nSPS) is 11.4. The molecule has 0 atom stereocenters. The van der Waals surface area contributed by atoms with Gasteiger partial charge < -0.3 is 0 Å². The Morgan fingerprint density at radius 1 is 0.483 bits per heavy atom. The quantitative estimate of drug-likeness (QED) is 0.261. The predicted molar refractivity (Wildman–Crippen MR) is 131 cm³/mol. The van der Waals surface area contributed by atoms with Crippen molar-refractivity contribution in [3.63, 3.8) is 0 Å². The average Bonchev–Trinajstić information content (AvgIpc) is 3.55. The number of thiophene rings is 4. The van der Waals surface area contributed by atoms with Crippen molar-refractivity contribution in [3.8, 4) is 40.4 Å². The summed E-state index contributed by atoms with van der Waals surface area (Å²) in [6.45, 7) is 0. The first-order valence-corrected chi connectivity index (χ1v) is 13.0. The van der Waals surface area contributed by atoms with Gasteiger partial charge >= 0.3 is 0 Å². The molecule has 5 aromatic heterocycles. The molecule has 0 aliphatic carbocycles. The van der Waals surface area contributed by atoms with Crippen LogP contribution in [0.1, 0.15) is 0 Å². The van der Waals surface area contributed by atoms with Crippen molar-refractivity contribution in [2.24, 2.45) is 0 Å². The van der Waals surface area contributed by atoms with E-state index in [0.29, 0.717) is 0 Å². The van der Waals surface area contributed by atoms with Gasteiger partial charge in [-0.3, -0.25) is 0 Å². The van der Waals surface area contributed by atoms with E-state index in [9.17, 15) is 0 Å². The van der Waals surface area contributed by atoms with Crippen molar-refractivity contribution >= 4 is 68.1 Å². The lowest BCUT2D eigenvalue weighted by molar-refractivity contribution is 1.63. The van der Waals surface area contributed by atoms with E-state index >= 15 is 0 Å². The van der Waals surface area contributed by atoms with Crippen molar-refractivity contribution in [2.75, 3.05) is 0 Å². The van der Waals surface area contributed by atoms with Crippen LogP contribution >= 0.6 is 57.1 Å². The van der Waals surface area contributed by atoms with E-state index in [1.165, 1.54) is 52.1 Å². The first-order valence-electron chi connectivity index (χ1n) is 8.90. The lowest BCUT2D eigenvalue weighted by Gasteiger charge is -2.03. The average molecular weight is 465 g/mol. The lowest BCUT2D eigenvalue weighted by Crippen LogP contribution is -1.81. The van der Waals surface area contributed by atoms with Gasteiger partial charge in [0.1, 0.15) is 11.0 Å². The molecule has 0 fully saturated rings. The number of benzene rings is 1. The molecule has 0 radical (unpaired) electrons. The van der Waals surface area contributed by atoms with Gasteiger partial charge in [0, 0.05) is 40.4 Å². The second kappa shape index (κ2) is 7.27. The highest BCUT2D eigenvalue weighted by Gasteiger charge is 2.16. The molecule has 6 aromatic rings. The van der Waals surface area contributed by atoms with Crippen LogP contribution in [0.3, 0.4) is 0 Å². The molecule has 0 aliphatic heterocycles. The summed E-state index contributed by atoms with van der Waals surface area (Å²) in [5.41, 5.74) is 4.33. The first-order chi connectivity index (χ1) is 14.4. The third-order valence-electron chi connectivity index (χ3n) is 4.69. The van der Waals surface area contributed by atoms with Crippen LogP contribution in [0.25, 0.3) is 51.4 Å². The highest BCUT2D eigenvalue weighted by molar-refractivity contribution is 7.24. The van der Waals surface area contributed by atoms with Crippen molar-refractivity contribution in [1.29, 1.82) is 0 Å². The van der Waals surface area contributed by atoms with Crippen LogP contribution in [-0.4, -0.2) is 8.75 Å². The Morgan fingerprint density at radius 3 is 1.41 bits per heavy atom. The fourth-order valence-corrected chi connectivity index (χ4v) is 7.64. The number of aromatic nitrogens is 2. The molecule has 0 saturated heterocycles. The Labute approximate surface area is 187 Å². The van der Waals surface area contributed by atoms with Gasteiger partial charge in [-0.15, -0.1) is 45.3 Å². The van der Waals surface area contributed by atoms with Crippen molar-refractivity contribution in [2.45, 2.75) is 0 Å². The minimum atomic E-state index is 0.998. The molecule has 0 spiro atoms. The van der Waals surface area contributed by atoms with Gasteiger partial charge in [-0.1, -0.05) is 24.3 Å². The van der Waals surface area contributed by atoms with Gasteiger partial charge in [-0.25, -0.2) is 0 Å². The molecular weight excluding hydrogens is 453 g/mol. The molecule has 29 heavy (non-hydrogen) atoms. The topological polar surface area (TPSA) is 25.8 Å². The summed E-state index contributed by atoms with van der Waals surface area (Å²) in [5, 5.41) is 4.25. The van der Waals surface area contributed by atoms with Crippen LogP contribution in [0.4, 0.5) is 0 Å². The minimum Gasteiger partial charge on any atom is -0.172 e. The molecule has 0 bridgehead atoms. The molecule has 0 N–H and O–H groups in total. The molecule has 0 aliphatic rings. The monoisotopic (exact) mass is 464 g/mol. The Balaban J connectivity index is 1.44. The van der Waals surface area contributed by atoms with Crippen LogP contribution in [0.5, 0.6) is 0 Å². The molecular formula is C22H12N2S5. The second-order valence-electron chi connectivity index (χ2n) is 6.40. The maximum atomic E-state index is 4.66. The van der Waals surface area contributed by atoms with Gasteiger partial charge in [-0.2, -0.15) is 8.75 Å². The fraction of sp³-hybridized carbons (Fsp3) is 0. The van der Waals surface area contributed by atoms with Crippen LogP contribution in [0.2, 0.25) is 0 Å². The number of rotatable bonds is 4. The van der Waals surface area contributed by atoms with Crippen molar-refractivity contribution in [1.82, 2.24) is 8.75 Å². The van der Waals surface area contributed by atoms with E-state index in [4.69, 9.17) is 0 Å². The Bertz CT molecular complexity index is 1290. The standard InChI is InChI=1S/C22H12N2S5/c1-3-17(25-11-1)19-9-7-15(27-19)13-5-6-14(22-21(13)23-29-24-22)16-8-10-20(28-16)18-4-2-12-26-18/h1-12H. The van der Waals surface area contributed by atoms with Gasteiger partial charge in [0.2, 0.25) is 0 Å². The van der Waals surface area contributed by atoms with Gasteiger partial charge in [-0.05, 0) is 47.2 Å². The first kappa shape index (κ1) is 17.7. The van der Waals surface area contributed by atoms with E-state index in [1.807, 2.05) is 22.7 Å². The highest BCUT2D eigenvalue weighted by Crippen LogP contribution is 2.43. The zero-order valence-corrected chi connectivity index (χ0v) is 18.9. The Hall–Kier alpha value is -2.16. The smallest absolute Gasteiger partial charge is 0.114 e. The summed E-state index contributed by atoms with van der Waals surface area (Å²) < 4.78 is 9.31. The number of nitrogens with zero attached hydrogens (tertiary/aromatic N) is 2. The van der Waals surface area contributed by atoms with Gasteiger partial charge in [0.05, 0.1) is 11.7 Å². The van der Waals surface area contributed by atoms with E-state index in [0.717, 1.165) is 11.0 Å². The maximum absolute atomic E-state index is 4.66. The molecule has 6 rings (SSSR count). The highest BCUT2D eigenvalue weighted by atomic mass is 32.1. The summed E-state index contributed by atoms with van der Waals surface area (Å²) in [6, 6.07) is 21.8. The zero-order valence-electron chi connectivity index (χ0n) is 14.9. The third kappa shape index (κ3) is 3.10. The van der Waals surface area contributed by atoms with E-state index in [1.54, 1.807) is 22.7 Å². The Morgan fingerprint density at radius 2 is 0.966 bits per heavy atom.